The Labute approximate surface area is 75.6 Å². The van der Waals surface area contributed by atoms with Gasteiger partial charge in [0, 0.05) is 12.7 Å². The molecular weight excluding hydrogens is 150 g/mol. The molecule has 0 spiro atoms. The van der Waals surface area contributed by atoms with Crippen LogP contribution in [-0.4, -0.2) is 14.2 Å². The molecule has 1 aromatic carbocycles. The van der Waals surface area contributed by atoms with E-state index in [1.165, 1.54) is 0 Å². The van der Waals surface area contributed by atoms with Gasteiger partial charge in [0.1, 0.15) is 5.75 Å². The fourth-order valence-corrected chi connectivity index (χ4v) is 0.758. The number of ether oxygens (including phenoxy) is 1. The normalized spacial score (nSPS) is 7.50. The van der Waals surface area contributed by atoms with Crippen LogP contribution >= 0.6 is 0 Å². The van der Waals surface area contributed by atoms with Gasteiger partial charge >= 0.3 is 0 Å². The van der Waals surface area contributed by atoms with Crippen molar-refractivity contribution < 1.29 is 4.74 Å². The number of anilines is 1. The molecule has 0 amide bonds. The third-order valence-corrected chi connectivity index (χ3v) is 1.38. The van der Waals surface area contributed by atoms with E-state index in [9.17, 15) is 0 Å². The second-order valence-corrected chi connectivity index (χ2v) is 1.98. The molecule has 0 aliphatic rings. The number of benzene rings is 1. The van der Waals surface area contributed by atoms with E-state index in [2.05, 4.69) is 5.32 Å². The predicted molar refractivity (Wildman–Crippen MR) is 56.0 cm³/mol. The molecule has 12 heavy (non-hydrogen) atoms. The minimum absolute atomic E-state index is 0. The molecule has 0 heterocycles. The highest BCUT2D eigenvalue weighted by Crippen LogP contribution is 2.13. The predicted octanol–water partition coefficient (Wildman–Crippen LogP) is 3.01. The number of hydrogen-bond donors (Lipinski definition) is 1. The molecular formula is C10H19NO. The topological polar surface area (TPSA) is 21.3 Å². The standard InChI is InChI=1S/C8H11NO.2CH4/c1-9-7-3-5-8(10-2)6-4-7;;/h3-6,9H,1-2H3;2*1H4. The first-order valence-corrected chi connectivity index (χ1v) is 3.18. The summed E-state index contributed by atoms with van der Waals surface area (Å²) in [6.45, 7) is 0. The Kier molecular flexibility index (Phi) is 7.29. The smallest absolute Gasteiger partial charge is 0.119 e. The van der Waals surface area contributed by atoms with Gasteiger partial charge in [-0.1, -0.05) is 14.9 Å². The number of hydrogen-bond acceptors (Lipinski definition) is 2. The Morgan fingerprint density at radius 3 is 1.92 bits per heavy atom. The van der Waals surface area contributed by atoms with Gasteiger partial charge in [0.25, 0.3) is 0 Å². The Bertz CT molecular complexity index is 170. The molecule has 0 fully saturated rings. The second kappa shape index (κ2) is 6.53. The van der Waals surface area contributed by atoms with Crippen molar-refractivity contribution in [1.82, 2.24) is 0 Å². The average Bonchev–Trinajstić information content (AvgIpc) is 2.05. The lowest BCUT2D eigenvalue weighted by Crippen LogP contribution is -1.87. The lowest BCUT2D eigenvalue weighted by Gasteiger charge is -2.00. The summed E-state index contributed by atoms with van der Waals surface area (Å²) in [5, 5.41) is 3.02. The largest absolute Gasteiger partial charge is 0.497 e. The molecule has 70 valence electrons. The molecule has 1 rings (SSSR count). The molecule has 2 heteroatoms. The van der Waals surface area contributed by atoms with E-state index in [1.54, 1.807) is 7.11 Å². The summed E-state index contributed by atoms with van der Waals surface area (Å²) >= 11 is 0. The van der Waals surface area contributed by atoms with Crippen LogP contribution in [-0.2, 0) is 0 Å². The molecule has 0 radical (unpaired) electrons. The summed E-state index contributed by atoms with van der Waals surface area (Å²) in [6, 6.07) is 7.79. The Balaban J connectivity index is 0. The third-order valence-electron chi connectivity index (χ3n) is 1.38. The average molecular weight is 169 g/mol. The van der Waals surface area contributed by atoms with Crippen molar-refractivity contribution >= 4 is 5.69 Å². The van der Waals surface area contributed by atoms with Gasteiger partial charge in [-0.2, -0.15) is 0 Å². The Morgan fingerprint density at radius 2 is 1.58 bits per heavy atom. The maximum atomic E-state index is 4.99. The van der Waals surface area contributed by atoms with Crippen LogP contribution in [0.2, 0.25) is 0 Å². The van der Waals surface area contributed by atoms with Crippen LogP contribution in [0.4, 0.5) is 5.69 Å². The van der Waals surface area contributed by atoms with Gasteiger partial charge in [-0.25, -0.2) is 0 Å². The molecule has 0 aliphatic carbocycles. The van der Waals surface area contributed by atoms with Crippen molar-refractivity contribution in [2.24, 2.45) is 0 Å². The summed E-state index contributed by atoms with van der Waals surface area (Å²) in [5.41, 5.74) is 1.10. The van der Waals surface area contributed by atoms with E-state index in [4.69, 9.17) is 4.74 Å². The van der Waals surface area contributed by atoms with Gasteiger partial charge in [-0.05, 0) is 24.3 Å². The molecule has 0 unspecified atom stereocenters. The van der Waals surface area contributed by atoms with Crippen LogP contribution in [0.5, 0.6) is 5.75 Å². The molecule has 2 nitrogen and oxygen atoms in total. The van der Waals surface area contributed by atoms with E-state index in [-0.39, 0.29) is 14.9 Å². The first-order valence-electron chi connectivity index (χ1n) is 3.18. The van der Waals surface area contributed by atoms with Gasteiger partial charge in [0.2, 0.25) is 0 Å². The zero-order valence-electron chi connectivity index (χ0n) is 6.22. The summed E-state index contributed by atoms with van der Waals surface area (Å²) in [4.78, 5) is 0. The van der Waals surface area contributed by atoms with Crippen molar-refractivity contribution in [2.45, 2.75) is 14.9 Å². The number of rotatable bonds is 2. The molecule has 0 aliphatic heterocycles. The van der Waals surface area contributed by atoms with E-state index >= 15 is 0 Å². The summed E-state index contributed by atoms with van der Waals surface area (Å²) in [6.07, 6.45) is 0. The number of methoxy groups -OCH3 is 1. The zero-order valence-corrected chi connectivity index (χ0v) is 6.22. The van der Waals surface area contributed by atoms with Crippen molar-refractivity contribution in [3.63, 3.8) is 0 Å². The highest BCUT2D eigenvalue weighted by Gasteiger charge is 1.88. The molecule has 0 saturated carbocycles. The van der Waals surface area contributed by atoms with Gasteiger partial charge in [-0.15, -0.1) is 0 Å². The molecule has 1 aromatic rings. The monoisotopic (exact) mass is 169 g/mol. The van der Waals surface area contributed by atoms with Gasteiger partial charge < -0.3 is 10.1 Å². The minimum Gasteiger partial charge on any atom is -0.497 e. The molecule has 0 aromatic heterocycles. The summed E-state index contributed by atoms with van der Waals surface area (Å²) in [7, 11) is 3.55. The quantitative estimate of drug-likeness (QED) is 0.734. The maximum absolute atomic E-state index is 4.99. The van der Waals surface area contributed by atoms with E-state index < -0.39 is 0 Å². The van der Waals surface area contributed by atoms with Crippen molar-refractivity contribution in [3.05, 3.63) is 24.3 Å². The lowest BCUT2D eigenvalue weighted by atomic mass is 10.3. The molecule has 0 saturated heterocycles. The van der Waals surface area contributed by atoms with Crippen molar-refractivity contribution in [2.75, 3.05) is 19.5 Å². The summed E-state index contributed by atoms with van der Waals surface area (Å²) < 4.78 is 4.99. The third kappa shape index (κ3) is 3.28. The van der Waals surface area contributed by atoms with Crippen molar-refractivity contribution in [1.29, 1.82) is 0 Å². The SMILES string of the molecule is C.C.CNc1ccc(OC)cc1. The first kappa shape index (κ1) is 13.4. The van der Waals surface area contributed by atoms with Crippen LogP contribution in [0.3, 0.4) is 0 Å². The van der Waals surface area contributed by atoms with Crippen LogP contribution in [0, 0.1) is 0 Å². The van der Waals surface area contributed by atoms with Crippen LogP contribution in [0.25, 0.3) is 0 Å². The van der Waals surface area contributed by atoms with Crippen LogP contribution < -0.4 is 10.1 Å². The summed E-state index contributed by atoms with van der Waals surface area (Å²) in [5.74, 6) is 0.888. The zero-order chi connectivity index (χ0) is 7.40. The lowest BCUT2D eigenvalue weighted by molar-refractivity contribution is 0.415. The van der Waals surface area contributed by atoms with E-state index in [0.717, 1.165) is 11.4 Å². The maximum Gasteiger partial charge on any atom is 0.119 e. The van der Waals surface area contributed by atoms with Gasteiger partial charge in [-0.3, -0.25) is 0 Å². The van der Waals surface area contributed by atoms with Gasteiger partial charge in [0.05, 0.1) is 7.11 Å². The van der Waals surface area contributed by atoms with E-state index in [0.29, 0.717) is 0 Å². The molecule has 0 atom stereocenters. The highest BCUT2D eigenvalue weighted by molar-refractivity contribution is 5.45. The van der Waals surface area contributed by atoms with Gasteiger partial charge in [0.15, 0.2) is 0 Å². The first-order chi connectivity index (χ1) is 4.86. The Hall–Kier alpha value is -1.18. The van der Waals surface area contributed by atoms with Crippen molar-refractivity contribution in [3.8, 4) is 5.75 Å². The fourth-order valence-electron chi connectivity index (χ4n) is 0.758. The highest BCUT2D eigenvalue weighted by atomic mass is 16.5. The molecule has 1 N–H and O–H groups in total. The van der Waals surface area contributed by atoms with E-state index in [1.807, 2.05) is 31.3 Å². The number of nitrogens with one attached hydrogen (secondary N) is 1. The van der Waals surface area contributed by atoms with Crippen LogP contribution in [0.15, 0.2) is 24.3 Å². The Morgan fingerprint density at radius 1 is 1.08 bits per heavy atom. The minimum atomic E-state index is 0. The molecule has 0 bridgehead atoms. The van der Waals surface area contributed by atoms with Crippen LogP contribution in [0.1, 0.15) is 14.9 Å². The second-order valence-electron chi connectivity index (χ2n) is 1.98. The fraction of sp³-hybridized carbons (Fsp3) is 0.400.